The van der Waals surface area contributed by atoms with E-state index in [0.29, 0.717) is 44.4 Å². The Hall–Kier alpha value is -4.76. The van der Waals surface area contributed by atoms with E-state index in [1.807, 2.05) is 0 Å². The number of hydrogen-bond acceptors (Lipinski definition) is 7. The van der Waals surface area contributed by atoms with Crippen molar-refractivity contribution in [3.05, 3.63) is 94.4 Å². The van der Waals surface area contributed by atoms with Gasteiger partial charge in [0.1, 0.15) is 5.75 Å². The summed E-state index contributed by atoms with van der Waals surface area (Å²) in [7, 11) is 2.95. The van der Waals surface area contributed by atoms with E-state index in [0.717, 1.165) is 0 Å². The molecule has 3 aromatic carbocycles. The first-order valence-electron chi connectivity index (χ1n) is 11.8. The summed E-state index contributed by atoms with van der Waals surface area (Å²) in [6, 6.07) is 17.0. The number of aliphatic hydroxyl groups is 1. The van der Waals surface area contributed by atoms with Crippen LogP contribution in [-0.2, 0) is 9.59 Å². The lowest BCUT2D eigenvalue weighted by molar-refractivity contribution is -0.117. The molecule has 10 heteroatoms. The zero-order valence-corrected chi connectivity index (χ0v) is 21.9. The van der Waals surface area contributed by atoms with Gasteiger partial charge in [0.15, 0.2) is 22.9 Å². The van der Waals surface area contributed by atoms with Crippen LogP contribution in [0.15, 0.2) is 82.5 Å². The fourth-order valence-electron chi connectivity index (χ4n) is 4.65. The van der Waals surface area contributed by atoms with Crippen LogP contribution in [0.2, 0.25) is 5.02 Å². The minimum Gasteiger partial charge on any atom is -0.503 e. The van der Waals surface area contributed by atoms with Crippen molar-refractivity contribution in [3.63, 3.8) is 0 Å². The molecular formula is C29H23ClN2O7. The summed E-state index contributed by atoms with van der Waals surface area (Å²) in [6.07, 6.45) is 0. The molecule has 1 unspecified atom stereocenters. The number of anilines is 2. The van der Waals surface area contributed by atoms with E-state index in [2.05, 4.69) is 5.32 Å². The molecule has 0 radical (unpaired) electrons. The Morgan fingerprint density at radius 3 is 2.51 bits per heavy atom. The molecule has 1 atom stereocenters. The average Bonchev–Trinajstić information content (AvgIpc) is 3.46. The van der Waals surface area contributed by atoms with Gasteiger partial charge < -0.3 is 24.3 Å². The number of aliphatic hydroxyl groups excluding tert-OH is 1. The van der Waals surface area contributed by atoms with Crippen LogP contribution in [0.5, 0.6) is 11.5 Å². The van der Waals surface area contributed by atoms with Crippen molar-refractivity contribution in [1.82, 2.24) is 0 Å². The highest BCUT2D eigenvalue weighted by Gasteiger charge is 2.45. The summed E-state index contributed by atoms with van der Waals surface area (Å²) in [5, 5.41) is 14.7. The Morgan fingerprint density at radius 1 is 1.03 bits per heavy atom. The Morgan fingerprint density at radius 2 is 1.79 bits per heavy atom. The first-order chi connectivity index (χ1) is 18.7. The Labute approximate surface area is 228 Å². The predicted molar refractivity (Wildman–Crippen MR) is 146 cm³/mol. The number of ketones is 1. The largest absolute Gasteiger partial charge is 0.503 e. The smallest absolute Gasteiger partial charge is 0.294 e. The van der Waals surface area contributed by atoms with Gasteiger partial charge in [0.25, 0.3) is 5.91 Å². The maximum absolute atomic E-state index is 13.9. The van der Waals surface area contributed by atoms with Gasteiger partial charge in [-0.2, -0.15) is 0 Å². The fourth-order valence-corrected chi connectivity index (χ4v) is 4.87. The highest BCUT2D eigenvalue weighted by atomic mass is 35.5. The maximum atomic E-state index is 13.9. The number of methoxy groups -OCH3 is 2. The zero-order chi connectivity index (χ0) is 27.8. The van der Waals surface area contributed by atoms with Gasteiger partial charge in [0.2, 0.25) is 11.7 Å². The third-order valence-electron chi connectivity index (χ3n) is 6.30. The summed E-state index contributed by atoms with van der Waals surface area (Å²) >= 11 is 6.18. The molecule has 1 aliphatic rings. The first-order valence-corrected chi connectivity index (χ1v) is 12.2. The lowest BCUT2D eigenvalue weighted by Gasteiger charge is -2.27. The first kappa shape index (κ1) is 25.9. The van der Waals surface area contributed by atoms with Crippen molar-refractivity contribution in [1.29, 1.82) is 0 Å². The number of nitrogens with zero attached hydrogens (tertiary/aromatic N) is 1. The van der Waals surface area contributed by atoms with Crippen LogP contribution >= 0.6 is 11.6 Å². The van der Waals surface area contributed by atoms with Crippen molar-refractivity contribution in [2.75, 3.05) is 24.4 Å². The number of amides is 2. The summed E-state index contributed by atoms with van der Waals surface area (Å²) in [6.45, 7) is 1.37. The van der Waals surface area contributed by atoms with Gasteiger partial charge >= 0.3 is 0 Å². The quantitative estimate of drug-likeness (QED) is 0.279. The molecule has 0 saturated carbocycles. The summed E-state index contributed by atoms with van der Waals surface area (Å²) in [5.41, 5.74) is 1.43. The Kier molecular flexibility index (Phi) is 6.76. The van der Waals surface area contributed by atoms with Gasteiger partial charge in [-0.15, -0.1) is 0 Å². The van der Waals surface area contributed by atoms with E-state index in [1.54, 1.807) is 60.7 Å². The normalized spacial score (nSPS) is 15.1. The third kappa shape index (κ3) is 4.68. The second kappa shape index (κ2) is 10.2. The summed E-state index contributed by atoms with van der Waals surface area (Å²) in [4.78, 5) is 40.4. The molecule has 4 aromatic rings. The van der Waals surface area contributed by atoms with E-state index in [1.165, 1.54) is 32.1 Å². The monoisotopic (exact) mass is 546 g/mol. The molecule has 0 bridgehead atoms. The molecule has 0 saturated heterocycles. The standard InChI is InChI=1S/C29H23ClN2O7/c1-15(33)31-19-7-5-8-20(14-19)32-25(16-6-4-9-21(11-16)37-2)24(27(35)29(32)36)26(34)22-12-17-10-18(30)13-23(38-3)28(17)39-22/h4-14,25,35H,1-3H3,(H,31,33). The van der Waals surface area contributed by atoms with Crippen LogP contribution in [0, 0.1) is 0 Å². The van der Waals surface area contributed by atoms with Crippen LogP contribution in [0.1, 0.15) is 29.1 Å². The van der Waals surface area contributed by atoms with Gasteiger partial charge in [-0.25, -0.2) is 0 Å². The molecule has 2 N–H and O–H groups in total. The molecule has 9 nitrogen and oxygen atoms in total. The molecule has 0 spiro atoms. The van der Waals surface area contributed by atoms with Crippen molar-refractivity contribution in [2.24, 2.45) is 0 Å². The molecule has 1 aromatic heterocycles. The summed E-state index contributed by atoms with van der Waals surface area (Å²) < 4.78 is 16.6. The molecule has 0 aliphatic carbocycles. The lowest BCUT2D eigenvalue weighted by atomic mass is 9.94. The molecule has 39 heavy (non-hydrogen) atoms. The van der Waals surface area contributed by atoms with Crippen LogP contribution < -0.4 is 19.7 Å². The molecule has 198 valence electrons. The summed E-state index contributed by atoms with van der Waals surface area (Å²) in [5.74, 6) is -1.77. The highest BCUT2D eigenvalue weighted by Crippen LogP contribution is 2.44. The molecule has 1 aliphatic heterocycles. The van der Waals surface area contributed by atoms with Gasteiger partial charge in [-0.05, 0) is 48.0 Å². The number of Topliss-reactive ketones (excluding diaryl/α,β-unsaturated/α-hetero) is 1. The number of halogens is 1. The molecule has 2 amide bonds. The highest BCUT2D eigenvalue weighted by molar-refractivity contribution is 6.31. The minimum atomic E-state index is -1.04. The van der Waals surface area contributed by atoms with E-state index < -0.39 is 23.5 Å². The van der Waals surface area contributed by atoms with Crippen molar-refractivity contribution in [2.45, 2.75) is 13.0 Å². The number of carbonyl (C=O) groups excluding carboxylic acids is 3. The molecule has 5 rings (SSSR count). The van der Waals surface area contributed by atoms with E-state index >= 15 is 0 Å². The van der Waals surface area contributed by atoms with Crippen LogP contribution in [0.25, 0.3) is 11.0 Å². The predicted octanol–water partition coefficient (Wildman–Crippen LogP) is 5.84. The lowest BCUT2D eigenvalue weighted by Crippen LogP contribution is -2.31. The number of hydrogen-bond donors (Lipinski definition) is 2. The van der Waals surface area contributed by atoms with Gasteiger partial charge in [-0.3, -0.25) is 19.3 Å². The van der Waals surface area contributed by atoms with Crippen LogP contribution in [0.3, 0.4) is 0 Å². The van der Waals surface area contributed by atoms with Gasteiger partial charge in [-0.1, -0.05) is 29.8 Å². The Balaban J connectivity index is 1.66. The second-order valence-corrected chi connectivity index (χ2v) is 9.25. The maximum Gasteiger partial charge on any atom is 0.294 e. The topological polar surface area (TPSA) is 118 Å². The number of carbonyl (C=O) groups is 3. The molecular weight excluding hydrogens is 524 g/mol. The van der Waals surface area contributed by atoms with Crippen molar-refractivity contribution >= 4 is 51.5 Å². The minimum absolute atomic E-state index is 0.110. The van der Waals surface area contributed by atoms with Gasteiger partial charge in [0, 0.05) is 34.8 Å². The number of furan rings is 1. The number of benzene rings is 3. The fraction of sp³-hybridized carbons (Fsp3) is 0.138. The number of rotatable bonds is 7. The third-order valence-corrected chi connectivity index (χ3v) is 6.52. The number of nitrogens with one attached hydrogen (secondary N) is 1. The van der Waals surface area contributed by atoms with E-state index in [-0.39, 0.29) is 17.2 Å². The Bertz CT molecular complexity index is 1670. The molecule has 2 heterocycles. The van der Waals surface area contributed by atoms with E-state index in [4.69, 9.17) is 25.5 Å². The van der Waals surface area contributed by atoms with E-state index in [9.17, 15) is 19.5 Å². The van der Waals surface area contributed by atoms with Crippen LogP contribution in [-0.4, -0.2) is 36.9 Å². The van der Waals surface area contributed by atoms with Crippen molar-refractivity contribution < 1.29 is 33.4 Å². The van der Waals surface area contributed by atoms with Crippen LogP contribution in [0.4, 0.5) is 11.4 Å². The van der Waals surface area contributed by atoms with Gasteiger partial charge in [0.05, 0.1) is 25.8 Å². The zero-order valence-electron chi connectivity index (χ0n) is 21.2. The average molecular weight is 547 g/mol. The second-order valence-electron chi connectivity index (χ2n) is 8.81. The number of ether oxygens (including phenoxy) is 2. The number of fused-ring (bicyclic) bond motifs is 1. The molecule has 0 fully saturated rings. The van der Waals surface area contributed by atoms with Crippen molar-refractivity contribution in [3.8, 4) is 11.5 Å². The SMILES string of the molecule is COc1cccc(C2C(C(=O)c3cc4cc(Cl)cc(OC)c4o3)=C(O)C(=O)N2c2cccc(NC(C)=O)c2)c1.